The Bertz CT molecular complexity index is 899. The number of nitrogens with zero attached hydrogens (tertiary/aromatic N) is 5. The minimum Gasteiger partial charge on any atom is -0.339 e. The topological polar surface area (TPSA) is 52.0 Å². The van der Waals surface area contributed by atoms with Gasteiger partial charge < -0.3 is 4.90 Å². The van der Waals surface area contributed by atoms with Crippen LogP contribution in [0.25, 0.3) is 10.2 Å². The van der Waals surface area contributed by atoms with E-state index in [1.807, 2.05) is 29.4 Å². The first kappa shape index (κ1) is 17.6. The van der Waals surface area contributed by atoms with Crippen LogP contribution < -0.4 is 0 Å². The predicted octanol–water partition coefficient (Wildman–Crippen LogP) is 2.47. The molecule has 8 heteroatoms. The van der Waals surface area contributed by atoms with Gasteiger partial charge in [-0.3, -0.25) is 14.2 Å². The number of thiazole rings is 1. The van der Waals surface area contributed by atoms with Crippen molar-refractivity contribution in [3.63, 3.8) is 0 Å². The van der Waals surface area contributed by atoms with Crippen LogP contribution in [0, 0.1) is 6.92 Å². The summed E-state index contributed by atoms with van der Waals surface area (Å²) in [6.45, 7) is 7.62. The third-order valence-corrected chi connectivity index (χ3v) is 8.17. The molecule has 6 nitrogen and oxygen atoms in total. The van der Waals surface area contributed by atoms with E-state index >= 15 is 0 Å². The minimum atomic E-state index is -1.22. The fourth-order valence-corrected chi connectivity index (χ4v) is 6.30. The molecular formula is C19H25N5OS2. The van der Waals surface area contributed by atoms with Crippen LogP contribution >= 0.6 is 11.3 Å². The van der Waals surface area contributed by atoms with Crippen molar-refractivity contribution in [2.45, 2.75) is 37.1 Å². The van der Waals surface area contributed by atoms with Crippen molar-refractivity contribution in [2.75, 3.05) is 39.3 Å². The van der Waals surface area contributed by atoms with Crippen LogP contribution in [0.15, 0.2) is 28.1 Å². The number of piperazine rings is 1. The maximum absolute atomic E-state index is 13.3. The van der Waals surface area contributed by atoms with E-state index in [1.54, 1.807) is 11.3 Å². The summed E-state index contributed by atoms with van der Waals surface area (Å²) < 4.78 is 16.4. The molecule has 0 bridgehead atoms. The van der Waals surface area contributed by atoms with Crippen molar-refractivity contribution in [2.24, 2.45) is 4.99 Å². The molecule has 1 aromatic heterocycles. The van der Waals surface area contributed by atoms with E-state index in [2.05, 4.69) is 14.8 Å². The number of aliphatic imine (C=N–C) groups is 1. The molecule has 1 saturated carbocycles. The Kier molecular flexibility index (Phi) is 4.65. The Hall–Kier alpha value is -1.51. The van der Waals surface area contributed by atoms with E-state index in [0.717, 1.165) is 71.4 Å². The number of benzene rings is 1. The highest BCUT2D eigenvalue weighted by Crippen LogP contribution is 2.28. The summed E-state index contributed by atoms with van der Waals surface area (Å²) in [6, 6.07) is 6.76. The van der Waals surface area contributed by atoms with Crippen molar-refractivity contribution >= 4 is 38.5 Å². The summed E-state index contributed by atoms with van der Waals surface area (Å²) in [5.74, 6) is 0.919. The molecule has 3 aliphatic rings. The summed E-state index contributed by atoms with van der Waals surface area (Å²) in [5, 5.41) is 1.04. The summed E-state index contributed by atoms with van der Waals surface area (Å²) in [7, 11) is -1.22. The van der Waals surface area contributed by atoms with Crippen LogP contribution in [-0.4, -0.2) is 74.6 Å². The zero-order valence-electron chi connectivity index (χ0n) is 15.6. The molecule has 0 radical (unpaired) electrons. The molecule has 0 spiro atoms. The lowest BCUT2D eigenvalue weighted by atomic mass is 9.91. The number of hydrogen-bond donors (Lipinski definition) is 0. The lowest BCUT2D eigenvalue weighted by Gasteiger charge is -2.44. The smallest absolute Gasteiger partial charge is 0.209 e. The fourth-order valence-electron chi connectivity index (χ4n) is 4.13. The molecular weight excluding hydrogens is 378 g/mol. The zero-order chi connectivity index (χ0) is 18.4. The van der Waals surface area contributed by atoms with E-state index in [1.165, 1.54) is 19.3 Å². The van der Waals surface area contributed by atoms with E-state index in [0.29, 0.717) is 0 Å². The van der Waals surface area contributed by atoms with Gasteiger partial charge in [0.25, 0.3) is 0 Å². The third kappa shape index (κ3) is 3.28. The molecule has 0 N–H and O–H groups in total. The maximum atomic E-state index is 13.3. The molecule has 2 aliphatic heterocycles. The molecule has 2 aromatic rings. The van der Waals surface area contributed by atoms with Gasteiger partial charge >= 0.3 is 0 Å². The van der Waals surface area contributed by atoms with Gasteiger partial charge in [0.05, 0.1) is 33.2 Å². The van der Waals surface area contributed by atoms with E-state index < -0.39 is 11.0 Å². The number of aromatic nitrogens is 1. The first-order chi connectivity index (χ1) is 13.2. The van der Waals surface area contributed by atoms with Gasteiger partial charge in [-0.2, -0.15) is 0 Å². The SMILES string of the molecule is Cc1nc2ccc(S(=O)N3CCN=C3N3CCN(C4CCC4)CC3)cc2s1. The minimum absolute atomic E-state index is 0.727. The summed E-state index contributed by atoms with van der Waals surface area (Å²) >= 11 is 1.66. The van der Waals surface area contributed by atoms with Crippen LogP contribution in [0.1, 0.15) is 24.3 Å². The monoisotopic (exact) mass is 403 g/mol. The van der Waals surface area contributed by atoms with Crippen molar-refractivity contribution in [1.29, 1.82) is 0 Å². The Morgan fingerprint density at radius 2 is 1.96 bits per heavy atom. The molecule has 1 aromatic carbocycles. The number of rotatable bonds is 3. The highest BCUT2D eigenvalue weighted by molar-refractivity contribution is 7.83. The number of guanidine groups is 1. The number of hydrogen-bond acceptors (Lipinski definition) is 6. The molecule has 1 atom stereocenters. The standard InChI is InChI=1S/C19H25N5OS2/c1-14-21-17-6-5-16(13-18(17)26-14)27(25)24-8-7-20-19(24)23-11-9-22(10-12-23)15-3-2-4-15/h5-6,13,15H,2-4,7-12H2,1H3. The predicted molar refractivity (Wildman–Crippen MR) is 111 cm³/mol. The molecule has 1 unspecified atom stereocenters. The maximum Gasteiger partial charge on any atom is 0.209 e. The third-order valence-electron chi connectivity index (χ3n) is 5.84. The second-order valence-corrected chi connectivity index (χ2v) is 10.1. The van der Waals surface area contributed by atoms with Gasteiger partial charge in [-0.15, -0.1) is 11.3 Å². The van der Waals surface area contributed by atoms with Gasteiger partial charge in [-0.25, -0.2) is 9.19 Å². The molecule has 5 rings (SSSR count). The first-order valence-corrected chi connectivity index (χ1v) is 11.7. The summed E-state index contributed by atoms with van der Waals surface area (Å²) in [6.07, 6.45) is 4.10. The average Bonchev–Trinajstić information content (AvgIpc) is 3.25. The molecule has 144 valence electrons. The molecule has 3 heterocycles. The van der Waals surface area contributed by atoms with Crippen LogP contribution in [0.3, 0.4) is 0 Å². The molecule has 2 fully saturated rings. The van der Waals surface area contributed by atoms with Crippen molar-refractivity contribution in [3.05, 3.63) is 23.2 Å². The van der Waals surface area contributed by atoms with Crippen molar-refractivity contribution in [1.82, 2.24) is 19.1 Å². The Labute approximate surface area is 166 Å². The second kappa shape index (κ2) is 7.14. The quantitative estimate of drug-likeness (QED) is 0.790. The van der Waals surface area contributed by atoms with Crippen LogP contribution in [0.4, 0.5) is 0 Å². The van der Waals surface area contributed by atoms with Crippen LogP contribution in [-0.2, 0) is 11.0 Å². The van der Waals surface area contributed by atoms with Crippen molar-refractivity contribution < 1.29 is 4.21 Å². The summed E-state index contributed by atoms with van der Waals surface area (Å²) in [4.78, 5) is 15.0. The van der Waals surface area contributed by atoms with Gasteiger partial charge in [0.2, 0.25) is 5.96 Å². The summed E-state index contributed by atoms with van der Waals surface area (Å²) in [5.41, 5.74) is 0.987. The van der Waals surface area contributed by atoms with E-state index in [9.17, 15) is 4.21 Å². The average molecular weight is 404 g/mol. The first-order valence-electron chi connectivity index (χ1n) is 9.79. The molecule has 1 aliphatic carbocycles. The molecule has 0 amide bonds. The fraction of sp³-hybridized carbons (Fsp3) is 0.579. The van der Waals surface area contributed by atoms with Gasteiger partial charge in [-0.05, 0) is 38.0 Å². The Balaban J connectivity index is 1.30. The molecule has 1 saturated heterocycles. The zero-order valence-corrected chi connectivity index (χ0v) is 17.3. The molecule has 27 heavy (non-hydrogen) atoms. The Morgan fingerprint density at radius 3 is 2.70 bits per heavy atom. The number of fused-ring (bicyclic) bond motifs is 1. The highest BCUT2D eigenvalue weighted by atomic mass is 32.2. The van der Waals surface area contributed by atoms with Crippen molar-refractivity contribution in [3.8, 4) is 0 Å². The highest BCUT2D eigenvalue weighted by Gasteiger charge is 2.33. The van der Waals surface area contributed by atoms with E-state index in [-0.39, 0.29) is 0 Å². The normalized spacial score (nSPS) is 22.9. The van der Waals surface area contributed by atoms with E-state index in [4.69, 9.17) is 4.99 Å². The Morgan fingerprint density at radius 1 is 1.15 bits per heavy atom. The van der Waals surface area contributed by atoms with Gasteiger partial charge in [-0.1, -0.05) is 6.42 Å². The van der Waals surface area contributed by atoms with Gasteiger partial charge in [0.1, 0.15) is 0 Å². The van der Waals surface area contributed by atoms with Gasteiger partial charge in [0, 0.05) is 32.2 Å². The van der Waals surface area contributed by atoms with Crippen LogP contribution in [0.5, 0.6) is 0 Å². The van der Waals surface area contributed by atoms with Crippen LogP contribution in [0.2, 0.25) is 0 Å². The number of aryl methyl sites for hydroxylation is 1. The van der Waals surface area contributed by atoms with Gasteiger partial charge in [0.15, 0.2) is 11.0 Å². The lowest BCUT2D eigenvalue weighted by Crippen LogP contribution is -2.55. The second-order valence-electron chi connectivity index (χ2n) is 7.50. The lowest BCUT2D eigenvalue weighted by molar-refractivity contribution is 0.0834. The largest absolute Gasteiger partial charge is 0.339 e.